The summed E-state index contributed by atoms with van der Waals surface area (Å²) >= 11 is 0. The zero-order valence-electron chi connectivity index (χ0n) is 18.3. The van der Waals surface area contributed by atoms with Crippen molar-refractivity contribution in [1.29, 1.82) is 0 Å². The summed E-state index contributed by atoms with van der Waals surface area (Å²) in [7, 11) is 0. The lowest BCUT2D eigenvalue weighted by Gasteiger charge is -2.57. The van der Waals surface area contributed by atoms with Gasteiger partial charge < -0.3 is 30.5 Å². The fraction of sp³-hybridized carbons (Fsp3) is 0.688. The van der Waals surface area contributed by atoms with E-state index in [1.165, 1.54) is 0 Å². The normalized spacial score (nSPS) is 39.1. The molecule has 11 nitrogen and oxygen atoms in total. The number of hydrogen-bond donors (Lipinski definition) is 5. The molecular formula is C16H23NO10. The monoisotopic (exact) mass is 393 g/mol. The third kappa shape index (κ3) is 3.21. The lowest BCUT2D eigenvalue weighted by Crippen LogP contribution is -2.87. The van der Waals surface area contributed by atoms with Crippen molar-refractivity contribution >= 4 is 29.0 Å². The van der Waals surface area contributed by atoms with Gasteiger partial charge in [0.05, 0.1) is 0 Å². The summed E-state index contributed by atoms with van der Waals surface area (Å²) in [5, 5.41) is 45.3. The zero-order chi connectivity index (χ0) is 24.4. The third-order valence-corrected chi connectivity index (χ3v) is 4.32. The Hall–Kier alpha value is -2.05. The Morgan fingerprint density at radius 1 is 0.963 bits per heavy atom. The molecule has 0 bridgehead atoms. The number of carbonyl (C=O) groups excluding carboxylic acids is 5. The van der Waals surface area contributed by atoms with E-state index in [0.29, 0.717) is 0 Å². The van der Waals surface area contributed by atoms with Gasteiger partial charge in [0.15, 0.2) is 34.3 Å². The van der Waals surface area contributed by atoms with Crippen molar-refractivity contribution < 1.29 is 54.6 Å². The van der Waals surface area contributed by atoms with E-state index in [-0.39, 0.29) is 0 Å². The van der Waals surface area contributed by atoms with Gasteiger partial charge in [0.1, 0.15) is 18.2 Å². The molecule has 5 N–H and O–H groups in total. The number of ether oxygens (including phenoxy) is 1. The Morgan fingerprint density at radius 3 is 1.93 bits per heavy atom. The Labute approximate surface area is 159 Å². The molecule has 1 saturated heterocycles. The van der Waals surface area contributed by atoms with Crippen LogP contribution in [0, 0.1) is 0 Å². The number of aliphatic hydroxyl groups is 4. The van der Waals surface area contributed by atoms with Gasteiger partial charge in [-0.05, 0) is 20.7 Å². The van der Waals surface area contributed by atoms with Crippen LogP contribution in [0.3, 0.4) is 0 Å². The molecule has 0 aliphatic carbocycles. The Bertz CT molecular complexity index is 781. The molecule has 1 heterocycles. The van der Waals surface area contributed by atoms with Gasteiger partial charge in [0.2, 0.25) is 5.91 Å². The molecule has 6 atom stereocenters. The van der Waals surface area contributed by atoms with E-state index in [9.17, 15) is 44.4 Å². The first kappa shape index (κ1) is 17.1. The fourth-order valence-electron chi connectivity index (χ4n) is 2.91. The Morgan fingerprint density at radius 2 is 1.48 bits per heavy atom. The summed E-state index contributed by atoms with van der Waals surface area (Å²) in [5.41, 5.74) is -7.48. The van der Waals surface area contributed by atoms with Crippen LogP contribution >= 0.6 is 0 Å². The molecule has 0 radical (unpaired) electrons. The third-order valence-electron chi connectivity index (χ3n) is 4.32. The van der Waals surface area contributed by atoms with Crippen LogP contribution in [0.5, 0.6) is 0 Å². The number of rotatable bonds is 6. The molecule has 0 aromatic rings. The van der Waals surface area contributed by atoms with Crippen molar-refractivity contribution in [1.82, 2.24) is 5.32 Å². The van der Waals surface area contributed by atoms with Gasteiger partial charge in [0, 0.05) is 19.3 Å². The average Bonchev–Trinajstić information content (AvgIpc) is 2.75. The van der Waals surface area contributed by atoms with Crippen molar-refractivity contribution in [3.05, 3.63) is 0 Å². The lowest BCUT2D eigenvalue weighted by molar-refractivity contribution is -0.344. The molecule has 0 aromatic heterocycles. The molecule has 1 fully saturated rings. The van der Waals surface area contributed by atoms with Gasteiger partial charge in [-0.3, -0.25) is 24.0 Å². The van der Waals surface area contributed by atoms with Gasteiger partial charge in [0.25, 0.3) is 5.79 Å². The average molecular weight is 393 g/mol. The summed E-state index contributed by atoms with van der Waals surface area (Å²) < 4.78 is 33.8. The Balaban J connectivity index is 4.07. The Kier molecular flexibility index (Phi) is 4.53. The van der Waals surface area contributed by atoms with Crippen LogP contribution in [0.2, 0.25) is 0 Å². The van der Waals surface area contributed by atoms with E-state index >= 15 is 0 Å². The first-order chi connectivity index (χ1) is 14.2. The standard InChI is InChI=1S/C16H23NO10/c1-6(18)11(23)12-14(24,7(2)19)15(25,8(3)20)13(17-10(5)22)16(26,27-12)9(4)21/h11-13,23-26H,1-5H3,(H,17,22)/t11?,12-,13-,14-,15-,16?/m1/s1/i1D,2D,3D,4D. The minimum Gasteiger partial charge on any atom is -0.382 e. The summed E-state index contributed by atoms with van der Waals surface area (Å²) in [6, 6.07) is -2.68. The van der Waals surface area contributed by atoms with Crippen LogP contribution in [0.15, 0.2) is 0 Å². The van der Waals surface area contributed by atoms with E-state index in [1.807, 2.05) is 0 Å². The summed E-state index contributed by atoms with van der Waals surface area (Å²) in [5.74, 6) is -11.2. The van der Waals surface area contributed by atoms with Crippen molar-refractivity contribution in [3.63, 3.8) is 0 Å². The van der Waals surface area contributed by atoms with Gasteiger partial charge in [-0.2, -0.15) is 0 Å². The predicted octanol–water partition coefficient (Wildman–Crippen LogP) is -3.24. The highest BCUT2D eigenvalue weighted by Crippen LogP contribution is 2.45. The summed E-state index contributed by atoms with van der Waals surface area (Å²) in [6.07, 6.45) is -5.46. The topological polar surface area (TPSA) is 188 Å². The molecule has 11 heteroatoms. The van der Waals surface area contributed by atoms with Crippen molar-refractivity contribution in [3.8, 4) is 0 Å². The number of nitrogens with one attached hydrogen (secondary N) is 1. The summed E-state index contributed by atoms with van der Waals surface area (Å²) in [4.78, 5) is 61.1. The van der Waals surface area contributed by atoms with E-state index in [0.717, 1.165) is 6.92 Å². The van der Waals surface area contributed by atoms with E-state index in [2.05, 4.69) is 0 Å². The molecule has 152 valence electrons. The number of aliphatic hydroxyl groups excluding tert-OH is 1. The molecule has 0 aromatic carbocycles. The fourth-order valence-corrected chi connectivity index (χ4v) is 2.91. The van der Waals surface area contributed by atoms with Crippen molar-refractivity contribution in [2.24, 2.45) is 0 Å². The number of Topliss-reactive ketones (excluding diaryl/α,β-unsaturated/α-hetero) is 4. The second-order valence-corrected chi connectivity index (χ2v) is 6.08. The minimum atomic E-state index is -3.76. The number of ketones is 4. The largest absolute Gasteiger partial charge is 0.382 e. The molecule has 0 spiro atoms. The van der Waals surface area contributed by atoms with Gasteiger partial charge in [-0.15, -0.1) is 0 Å². The van der Waals surface area contributed by atoms with Crippen molar-refractivity contribution in [2.75, 3.05) is 0 Å². The van der Waals surface area contributed by atoms with Crippen LogP contribution in [0.1, 0.15) is 40.0 Å². The molecule has 0 saturated carbocycles. The zero-order valence-corrected chi connectivity index (χ0v) is 14.3. The maximum absolute atomic E-state index is 12.6. The van der Waals surface area contributed by atoms with Gasteiger partial charge in [-0.25, -0.2) is 0 Å². The van der Waals surface area contributed by atoms with Crippen LogP contribution < -0.4 is 5.32 Å². The van der Waals surface area contributed by atoms with E-state index in [4.69, 9.17) is 10.2 Å². The smallest absolute Gasteiger partial charge is 0.251 e. The van der Waals surface area contributed by atoms with Crippen LogP contribution in [0.4, 0.5) is 0 Å². The molecule has 27 heavy (non-hydrogen) atoms. The molecule has 1 rings (SSSR count). The van der Waals surface area contributed by atoms with Gasteiger partial charge in [-0.1, -0.05) is 0 Å². The minimum absolute atomic E-state index is 0.799. The molecule has 2 unspecified atom stereocenters. The van der Waals surface area contributed by atoms with Gasteiger partial charge >= 0.3 is 0 Å². The number of amides is 1. The first-order valence-electron chi connectivity index (χ1n) is 10.2. The van der Waals surface area contributed by atoms with Crippen LogP contribution in [-0.4, -0.2) is 84.7 Å². The maximum Gasteiger partial charge on any atom is 0.251 e. The summed E-state index contributed by atoms with van der Waals surface area (Å²) in [6.45, 7) is -4.40. The molecule has 1 amide bonds. The predicted molar refractivity (Wildman–Crippen MR) is 86.1 cm³/mol. The highest BCUT2D eigenvalue weighted by molar-refractivity contribution is 6.02. The SMILES string of the molecule is [2H]CC(=O)C(O)[C@H]1OC(O)(C(=O)C[2H])[C@H](NC(C)=O)[C@](O)(C(=O)C[2H])[C@@]1(O)C(=O)C[2H]. The second-order valence-electron chi connectivity index (χ2n) is 6.08. The van der Waals surface area contributed by atoms with Crippen molar-refractivity contribution in [2.45, 2.75) is 69.8 Å². The second kappa shape index (κ2) is 7.17. The van der Waals surface area contributed by atoms with E-state index in [1.54, 1.807) is 5.32 Å². The maximum atomic E-state index is 12.6. The highest BCUT2D eigenvalue weighted by atomic mass is 16.7. The van der Waals surface area contributed by atoms with Crippen LogP contribution in [0.25, 0.3) is 0 Å². The molecule has 1 aliphatic rings. The number of hydrogen-bond acceptors (Lipinski definition) is 10. The lowest BCUT2D eigenvalue weighted by atomic mass is 9.63. The first-order valence-corrected chi connectivity index (χ1v) is 7.33. The van der Waals surface area contributed by atoms with E-state index < -0.39 is 91.9 Å². The number of carbonyl (C=O) groups is 5. The molecule has 1 aliphatic heterocycles. The van der Waals surface area contributed by atoms with Crippen LogP contribution in [-0.2, 0) is 28.7 Å². The highest BCUT2D eigenvalue weighted by Gasteiger charge is 2.76. The quantitative estimate of drug-likeness (QED) is 0.307. The molecular weight excluding hydrogens is 366 g/mol.